The summed E-state index contributed by atoms with van der Waals surface area (Å²) in [5.74, 6) is 0.0217. The van der Waals surface area contributed by atoms with E-state index >= 15 is 0 Å². The summed E-state index contributed by atoms with van der Waals surface area (Å²) in [6.07, 6.45) is 3.04. The van der Waals surface area contributed by atoms with Gasteiger partial charge in [-0.05, 0) is 5.56 Å². The maximum absolute atomic E-state index is 10.7. The van der Waals surface area contributed by atoms with E-state index in [4.69, 9.17) is 0 Å². The van der Waals surface area contributed by atoms with Crippen LogP contribution in [0.3, 0.4) is 0 Å². The average Bonchev–Trinajstić information content (AvgIpc) is 1.85. The second kappa shape index (κ2) is 3.05. The molecule has 59 valence electrons. The zero-order valence-corrected chi connectivity index (χ0v) is 6.84. The molecule has 0 heterocycles. The van der Waals surface area contributed by atoms with Gasteiger partial charge in [-0.3, -0.25) is 0 Å². The Balaban J connectivity index is 2.82. The lowest BCUT2D eigenvalue weighted by atomic mass is 10.2. The number of rotatable bonds is 2. The molecule has 1 radical (unpaired) electrons. The molecule has 2 nitrogen and oxygen atoms in total. The van der Waals surface area contributed by atoms with E-state index < -0.39 is 9.84 Å². The fraction of sp³-hybridized carbons (Fsp3) is 0.125. The Labute approximate surface area is 66.8 Å². The van der Waals surface area contributed by atoms with Gasteiger partial charge in [-0.1, -0.05) is 30.3 Å². The molecule has 1 rings (SSSR count). The Morgan fingerprint density at radius 2 is 1.73 bits per heavy atom. The molecule has 0 N–H and O–H groups in total. The van der Waals surface area contributed by atoms with E-state index in [1.807, 2.05) is 6.07 Å². The van der Waals surface area contributed by atoms with Gasteiger partial charge in [-0.25, -0.2) is 8.42 Å². The minimum atomic E-state index is -3.13. The van der Waals surface area contributed by atoms with Crippen LogP contribution >= 0.6 is 0 Å². The number of sulfone groups is 1. The van der Waals surface area contributed by atoms with E-state index in [1.165, 1.54) is 0 Å². The molecule has 0 saturated carbocycles. The maximum Gasteiger partial charge on any atom is 0.155 e. The molecule has 0 bridgehead atoms. The van der Waals surface area contributed by atoms with Crippen molar-refractivity contribution in [1.29, 1.82) is 0 Å². The smallest absolute Gasteiger partial charge is 0.155 e. The highest BCUT2D eigenvalue weighted by atomic mass is 32.2. The van der Waals surface area contributed by atoms with E-state index in [0.717, 1.165) is 5.56 Å². The summed E-state index contributed by atoms with van der Waals surface area (Å²) in [6.45, 7) is 0. The van der Waals surface area contributed by atoms with Crippen LogP contribution in [-0.2, 0) is 15.6 Å². The van der Waals surface area contributed by atoms with Crippen LogP contribution in [0.25, 0.3) is 0 Å². The zero-order valence-electron chi connectivity index (χ0n) is 6.03. The molecule has 0 atom stereocenters. The largest absolute Gasteiger partial charge is 0.228 e. The predicted molar refractivity (Wildman–Crippen MR) is 44.4 cm³/mol. The summed E-state index contributed by atoms with van der Waals surface area (Å²) >= 11 is 0. The van der Waals surface area contributed by atoms with Crippen LogP contribution in [-0.4, -0.2) is 8.42 Å². The molecule has 0 amide bonds. The van der Waals surface area contributed by atoms with Crippen molar-refractivity contribution in [1.82, 2.24) is 0 Å². The molecule has 3 heteroatoms. The molecule has 0 fully saturated rings. The topological polar surface area (TPSA) is 34.1 Å². The predicted octanol–water partition coefficient (Wildman–Crippen LogP) is 1.39. The Morgan fingerprint density at radius 3 is 2.18 bits per heavy atom. The molecule has 1 aromatic carbocycles. The number of hydrogen-bond acceptors (Lipinski definition) is 2. The van der Waals surface area contributed by atoms with Crippen molar-refractivity contribution in [3.8, 4) is 0 Å². The van der Waals surface area contributed by atoms with Crippen LogP contribution in [0.15, 0.2) is 30.3 Å². The maximum atomic E-state index is 10.7. The SMILES string of the molecule is [CH2]S(=O)(=O)Cc1ccccc1. The lowest BCUT2D eigenvalue weighted by molar-refractivity contribution is 0.603. The van der Waals surface area contributed by atoms with Gasteiger partial charge in [0.05, 0.1) is 12.0 Å². The lowest BCUT2D eigenvalue weighted by Gasteiger charge is -1.96. The van der Waals surface area contributed by atoms with Crippen LogP contribution in [0.1, 0.15) is 5.56 Å². The first-order valence-electron chi connectivity index (χ1n) is 3.17. The molecule has 11 heavy (non-hydrogen) atoms. The van der Waals surface area contributed by atoms with Gasteiger partial charge in [0, 0.05) is 0 Å². The molecule has 0 saturated heterocycles. The fourth-order valence-electron chi connectivity index (χ4n) is 0.828. The first-order chi connectivity index (χ1) is 5.08. The van der Waals surface area contributed by atoms with Crippen molar-refractivity contribution in [2.75, 3.05) is 0 Å². The van der Waals surface area contributed by atoms with E-state index in [-0.39, 0.29) is 5.75 Å². The van der Waals surface area contributed by atoms with E-state index in [0.29, 0.717) is 0 Å². The molecular formula is C8H9O2S. The van der Waals surface area contributed by atoms with Gasteiger partial charge >= 0.3 is 0 Å². The van der Waals surface area contributed by atoms with Crippen molar-refractivity contribution in [3.63, 3.8) is 0 Å². The summed E-state index contributed by atoms with van der Waals surface area (Å²) in [4.78, 5) is 0. The lowest BCUT2D eigenvalue weighted by Crippen LogP contribution is -1.97. The highest BCUT2D eigenvalue weighted by Gasteiger charge is 2.02. The number of benzene rings is 1. The summed E-state index contributed by atoms with van der Waals surface area (Å²) in [7, 11) is -3.13. The van der Waals surface area contributed by atoms with Crippen LogP contribution in [0.4, 0.5) is 0 Å². The monoisotopic (exact) mass is 169 g/mol. The zero-order chi connectivity index (χ0) is 8.32. The van der Waals surface area contributed by atoms with E-state index in [2.05, 4.69) is 6.26 Å². The third-order valence-corrected chi connectivity index (χ3v) is 2.00. The minimum absolute atomic E-state index is 0.0217. The Bertz CT molecular complexity index is 313. The third-order valence-electron chi connectivity index (χ3n) is 1.23. The van der Waals surface area contributed by atoms with Gasteiger partial charge in [-0.15, -0.1) is 0 Å². The first-order valence-corrected chi connectivity index (χ1v) is 5.00. The highest BCUT2D eigenvalue weighted by molar-refractivity contribution is 7.91. The summed E-state index contributed by atoms with van der Waals surface area (Å²) in [5.41, 5.74) is 0.780. The fourth-order valence-corrected chi connectivity index (χ4v) is 1.53. The van der Waals surface area contributed by atoms with Gasteiger partial charge in [0.2, 0.25) is 0 Å². The Morgan fingerprint density at radius 1 is 1.18 bits per heavy atom. The second-order valence-corrected chi connectivity index (χ2v) is 4.15. The number of hydrogen-bond donors (Lipinski definition) is 0. The van der Waals surface area contributed by atoms with Gasteiger partial charge < -0.3 is 0 Å². The minimum Gasteiger partial charge on any atom is -0.228 e. The average molecular weight is 169 g/mol. The summed E-state index contributed by atoms with van der Waals surface area (Å²) in [6, 6.07) is 8.99. The summed E-state index contributed by atoms with van der Waals surface area (Å²) < 4.78 is 21.4. The molecule has 0 aliphatic heterocycles. The quantitative estimate of drug-likeness (QED) is 0.670. The van der Waals surface area contributed by atoms with Gasteiger partial charge in [0.1, 0.15) is 0 Å². The molecule has 0 aliphatic carbocycles. The van der Waals surface area contributed by atoms with Crippen molar-refractivity contribution in [2.45, 2.75) is 5.75 Å². The molecule has 0 spiro atoms. The molecule has 0 aromatic heterocycles. The highest BCUT2D eigenvalue weighted by Crippen LogP contribution is 2.03. The van der Waals surface area contributed by atoms with Crippen LogP contribution in [0.2, 0.25) is 0 Å². The van der Waals surface area contributed by atoms with Crippen molar-refractivity contribution >= 4 is 9.84 Å². The van der Waals surface area contributed by atoms with Crippen LogP contribution < -0.4 is 0 Å². The Hall–Kier alpha value is -0.830. The van der Waals surface area contributed by atoms with Crippen molar-refractivity contribution in [2.24, 2.45) is 0 Å². The van der Waals surface area contributed by atoms with Crippen LogP contribution in [0.5, 0.6) is 0 Å². The Kier molecular flexibility index (Phi) is 2.29. The first kappa shape index (κ1) is 8.27. The second-order valence-electron chi connectivity index (χ2n) is 2.37. The van der Waals surface area contributed by atoms with Crippen LogP contribution in [0, 0.1) is 6.26 Å². The summed E-state index contributed by atoms with van der Waals surface area (Å²) in [5, 5.41) is 0. The van der Waals surface area contributed by atoms with Gasteiger partial charge in [0.15, 0.2) is 9.84 Å². The van der Waals surface area contributed by atoms with E-state index in [1.54, 1.807) is 24.3 Å². The molecular weight excluding hydrogens is 160 g/mol. The molecule has 0 aliphatic rings. The molecule has 1 aromatic rings. The van der Waals surface area contributed by atoms with Gasteiger partial charge in [-0.2, -0.15) is 0 Å². The normalized spacial score (nSPS) is 11.4. The van der Waals surface area contributed by atoms with Crippen molar-refractivity contribution in [3.05, 3.63) is 42.2 Å². The third kappa shape index (κ3) is 3.18. The van der Waals surface area contributed by atoms with Gasteiger partial charge in [0.25, 0.3) is 0 Å². The molecule has 0 unspecified atom stereocenters. The standard InChI is InChI=1S/C8H9O2S/c1-11(9,10)7-8-5-3-2-4-6-8/h2-6H,1,7H2. The van der Waals surface area contributed by atoms with Crippen molar-refractivity contribution < 1.29 is 8.42 Å². The van der Waals surface area contributed by atoms with E-state index in [9.17, 15) is 8.42 Å².